The van der Waals surface area contributed by atoms with Crippen LogP contribution in [0.5, 0.6) is 0 Å². The first-order valence-corrected chi connectivity index (χ1v) is 8.57. The molecule has 0 aliphatic rings. The van der Waals surface area contributed by atoms with E-state index in [1.165, 1.54) is 7.11 Å². The van der Waals surface area contributed by atoms with Gasteiger partial charge in [0.15, 0.2) is 8.32 Å². The maximum absolute atomic E-state index is 10.8. The van der Waals surface area contributed by atoms with Crippen LogP contribution in [-0.4, -0.2) is 28.0 Å². The van der Waals surface area contributed by atoms with Gasteiger partial charge in [0.05, 0.1) is 7.11 Å². The Kier molecular flexibility index (Phi) is 6.83. The maximum Gasteiger partial charge on any atom is 0.305 e. The average molecular weight is 218 g/mol. The molecule has 0 bridgehead atoms. The lowest BCUT2D eigenvalue weighted by molar-refractivity contribution is -0.140. The van der Waals surface area contributed by atoms with Gasteiger partial charge in [0, 0.05) is 13.0 Å². The predicted octanol–water partition coefficient (Wildman–Crippen LogP) is 2.57. The largest absolute Gasteiger partial charge is 0.469 e. The first-order chi connectivity index (χ1) is 6.45. The van der Waals surface area contributed by atoms with E-state index >= 15 is 0 Å². The molecule has 0 fully saturated rings. The normalized spacial score (nSPS) is 11.4. The van der Waals surface area contributed by atoms with Crippen molar-refractivity contribution < 1.29 is 14.0 Å². The molecule has 0 amide bonds. The molecule has 0 saturated carbocycles. The van der Waals surface area contributed by atoms with Crippen LogP contribution in [0.25, 0.3) is 0 Å². The molecule has 0 aromatic carbocycles. The molecular weight excluding hydrogens is 196 g/mol. The summed E-state index contributed by atoms with van der Waals surface area (Å²) in [5, 5.41) is 0. The van der Waals surface area contributed by atoms with Gasteiger partial charge in [-0.1, -0.05) is 6.42 Å². The summed E-state index contributed by atoms with van der Waals surface area (Å²) in [5.74, 6) is -0.115. The Morgan fingerprint density at radius 3 is 2.29 bits per heavy atom. The maximum atomic E-state index is 10.8. The van der Waals surface area contributed by atoms with Crippen molar-refractivity contribution in [2.75, 3.05) is 13.7 Å². The van der Waals surface area contributed by atoms with E-state index in [1.807, 2.05) is 0 Å². The molecule has 0 radical (unpaired) electrons. The summed E-state index contributed by atoms with van der Waals surface area (Å²) in [6, 6.07) is 0. The van der Waals surface area contributed by atoms with E-state index in [0.717, 1.165) is 25.9 Å². The number of carbonyl (C=O) groups excluding carboxylic acids is 1. The molecule has 0 rings (SSSR count). The van der Waals surface area contributed by atoms with E-state index in [0.29, 0.717) is 6.42 Å². The molecule has 84 valence electrons. The summed E-state index contributed by atoms with van der Waals surface area (Å²) in [6.45, 7) is 7.38. The Bertz CT molecular complexity index is 163. The molecule has 0 N–H and O–H groups in total. The summed E-state index contributed by atoms with van der Waals surface area (Å²) in [6.07, 6.45) is 3.52. The average Bonchev–Trinajstić information content (AvgIpc) is 2.08. The molecule has 0 aliphatic heterocycles. The molecular formula is C10H22O3Si. The van der Waals surface area contributed by atoms with Crippen molar-refractivity contribution >= 4 is 14.3 Å². The van der Waals surface area contributed by atoms with Crippen molar-refractivity contribution in [2.24, 2.45) is 0 Å². The number of unbranched alkanes of at least 4 members (excludes halogenated alkanes) is 2. The second-order valence-corrected chi connectivity index (χ2v) is 8.86. The van der Waals surface area contributed by atoms with Crippen LogP contribution in [0.2, 0.25) is 19.6 Å². The monoisotopic (exact) mass is 218 g/mol. The highest BCUT2D eigenvalue weighted by atomic mass is 28.4. The van der Waals surface area contributed by atoms with Gasteiger partial charge in [-0.15, -0.1) is 0 Å². The van der Waals surface area contributed by atoms with Gasteiger partial charge in [-0.2, -0.15) is 0 Å². The van der Waals surface area contributed by atoms with Crippen molar-refractivity contribution in [3.63, 3.8) is 0 Å². The SMILES string of the molecule is COC(=O)CCCCCO[Si](C)(C)C. The summed E-state index contributed by atoms with van der Waals surface area (Å²) in [4.78, 5) is 10.8. The molecule has 0 spiro atoms. The number of hydrogen-bond acceptors (Lipinski definition) is 3. The van der Waals surface area contributed by atoms with Crippen molar-refractivity contribution in [1.82, 2.24) is 0 Å². The smallest absolute Gasteiger partial charge is 0.305 e. The number of rotatable bonds is 7. The molecule has 0 unspecified atom stereocenters. The lowest BCUT2D eigenvalue weighted by atomic mass is 10.2. The Hall–Kier alpha value is -0.353. The van der Waals surface area contributed by atoms with Crippen LogP contribution in [0, 0.1) is 0 Å². The number of ether oxygens (including phenoxy) is 1. The molecule has 0 aromatic heterocycles. The van der Waals surface area contributed by atoms with Gasteiger partial charge in [0.1, 0.15) is 0 Å². The fourth-order valence-electron chi connectivity index (χ4n) is 1.03. The van der Waals surface area contributed by atoms with Gasteiger partial charge in [0.2, 0.25) is 0 Å². The quantitative estimate of drug-likeness (QED) is 0.374. The third-order valence-electron chi connectivity index (χ3n) is 1.79. The Morgan fingerprint density at radius 2 is 1.79 bits per heavy atom. The van der Waals surface area contributed by atoms with E-state index in [9.17, 15) is 4.79 Å². The van der Waals surface area contributed by atoms with Crippen molar-refractivity contribution in [2.45, 2.75) is 45.3 Å². The van der Waals surface area contributed by atoms with Gasteiger partial charge in [-0.25, -0.2) is 0 Å². The van der Waals surface area contributed by atoms with Crippen molar-refractivity contribution in [1.29, 1.82) is 0 Å². The fourth-order valence-corrected chi connectivity index (χ4v) is 1.79. The molecule has 0 aliphatic carbocycles. The first-order valence-electron chi connectivity index (χ1n) is 5.16. The minimum absolute atomic E-state index is 0.115. The van der Waals surface area contributed by atoms with Gasteiger partial charge >= 0.3 is 5.97 Å². The Morgan fingerprint density at radius 1 is 1.14 bits per heavy atom. The van der Waals surface area contributed by atoms with Gasteiger partial charge in [-0.05, 0) is 32.5 Å². The highest BCUT2D eigenvalue weighted by Crippen LogP contribution is 2.06. The lowest BCUT2D eigenvalue weighted by Crippen LogP contribution is -2.25. The van der Waals surface area contributed by atoms with E-state index in [-0.39, 0.29) is 5.97 Å². The number of hydrogen-bond donors (Lipinski definition) is 0. The fraction of sp³-hybridized carbons (Fsp3) is 0.900. The Balaban J connectivity index is 3.18. The zero-order valence-electron chi connectivity index (χ0n) is 9.76. The van der Waals surface area contributed by atoms with Crippen LogP contribution in [0.1, 0.15) is 25.7 Å². The summed E-state index contributed by atoms with van der Waals surface area (Å²) >= 11 is 0. The zero-order valence-corrected chi connectivity index (χ0v) is 10.8. The third kappa shape index (κ3) is 9.73. The van der Waals surface area contributed by atoms with Gasteiger partial charge in [-0.3, -0.25) is 4.79 Å². The zero-order chi connectivity index (χ0) is 11.0. The molecule has 0 saturated heterocycles. The van der Waals surface area contributed by atoms with E-state index in [2.05, 4.69) is 24.4 Å². The molecule has 4 heteroatoms. The standard InChI is InChI=1S/C10H22O3Si/c1-12-10(11)8-6-5-7-9-13-14(2,3)4/h5-9H2,1-4H3. The predicted molar refractivity (Wildman–Crippen MR) is 59.8 cm³/mol. The topological polar surface area (TPSA) is 35.5 Å². The lowest BCUT2D eigenvalue weighted by Gasteiger charge is -2.16. The number of methoxy groups -OCH3 is 1. The van der Waals surface area contributed by atoms with E-state index in [4.69, 9.17) is 4.43 Å². The van der Waals surface area contributed by atoms with Gasteiger partial charge in [0.25, 0.3) is 0 Å². The Labute approximate surface area is 87.9 Å². The highest BCUT2D eigenvalue weighted by Gasteiger charge is 2.12. The second-order valence-electron chi connectivity index (χ2n) is 4.35. The van der Waals surface area contributed by atoms with Crippen LogP contribution in [0.4, 0.5) is 0 Å². The summed E-state index contributed by atoms with van der Waals surface area (Å²) < 4.78 is 10.2. The molecule has 0 aromatic rings. The molecule has 0 atom stereocenters. The second kappa shape index (κ2) is 7.01. The van der Waals surface area contributed by atoms with Crippen LogP contribution in [0.3, 0.4) is 0 Å². The van der Waals surface area contributed by atoms with Crippen molar-refractivity contribution in [3.05, 3.63) is 0 Å². The van der Waals surface area contributed by atoms with Crippen molar-refractivity contribution in [3.8, 4) is 0 Å². The van der Waals surface area contributed by atoms with Crippen LogP contribution in [-0.2, 0) is 14.0 Å². The van der Waals surface area contributed by atoms with E-state index in [1.54, 1.807) is 0 Å². The third-order valence-corrected chi connectivity index (χ3v) is 2.86. The molecule has 14 heavy (non-hydrogen) atoms. The number of esters is 1. The van der Waals surface area contributed by atoms with Crippen LogP contribution in [0.15, 0.2) is 0 Å². The highest BCUT2D eigenvalue weighted by molar-refractivity contribution is 6.69. The van der Waals surface area contributed by atoms with E-state index < -0.39 is 8.32 Å². The number of carbonyl (C=O) groups is 1. The van der Waals surface area contributed by atoms with Crippen LogP contribution >= 0.6 is 0 Å². The molecule has 3 nitrogen and oxygen atoms in total. The molecule has 0 heterocycles. The minimum atomic E-state index is -1.34. The summed E-state index contributed by atoms with van der Waals surface area (Å²) in [5.41, 5.74) is 0. The van der Waals surface area contributed by atoms with Crippen LogP contribution < -0.4 is 0 Å². The summed E-state index contributed by atoms with van der Waals surface area (Å²) in [7, 11) is 0.0895. The first kappa shape index (κ1) is 13.6. The van der Waals surface area contributed by atoms with Gasteiger partial charge < -0.3 is 9.16 Å². The minimum Gasteiger partial charge on any atom is -0.469 e.